The van der Waals surface area contributed by atoms with Gasteiger partial charge < -0.3 is 0 Å². The second-order valence-corrected chi connectivity index (χ2v) is 5.96. The van der Waals surface area contributed by atoms with E-state index < -0.39 is 34.1 Å². The molecule has 0 heterocycles. The number of halogens is 6. The molecule has 2 rings (SSSR count). The van der Waals surface area contributed by atoms with Crippen molar-refractivity contribution in [1.82, 2.24) is 0 Å². The lowest BCUT2D eigenvalue weighted by molar-refractivity contribution is -0.385. The summed E-state index contributed by atoms with van der Waals surface area (Å²) in [5.41, 5.74) is -2.53. The molecule has 0 bridgehead atoms. The fourth-order valence-corrected chi connectivity index (χ4v) is 2.84. The first-order valence-electron chi connectivity index (χ1n) is 6.63. The van der Waals surface area contributed by atoms with Crippen LogP contribution >= 0.6 is 11.8 Å². The molecule has 0 radical (unpaired) electrons. The highest BCUT2D eigenvalue weighted by Gasteiger charge is 2.32. The van der Waals surface area contributed by atoms with Gasteiger partial charge in [-0.15, -0.1) is 11.8 Å². The SMILES string of the molecule is O=[N+]([O-])c1ccc(C(F)(F)F)cc1CSc1ccc(C(F)(F)F)cc1. The number of hydrogen-bond donors (Lipinski definition) is 0. The van der Waals surface area contributed by atoms with Gasteiger partial charge in [-0.3, -0.25) is 10.1 Å². The van der Waals surface area contributed by atoms with E-state index in [9.17, 15) is 36.5 Å². The molecule has 0 atom stereocenters. The Bertz CT molecular complexity index is 771. The Balaban J connectivity index is 2.23. The first-order chi connectivity index (χ1) is 11.5. The number of rotatable bonds is 4. The molecule has 0 aliphatic heterocycles. The van der Waals surface area contributed by atoms with Crippen LogP contribution in [-0.4, -0.2) is 4.92 Å². The molecular formula is C15H9F6NO2S. The molecular weight excluding hydrogens is 372 g/mol. The summed E-state index contributed by atoms with van der Waals surface area (Å²) in [6.45, 7) is 0. The van der Waals surface area contributed by atoms with Gasteiger partial charge in [-0.25, -0.2) is 0 Å². The van der Waals surface area contributed by atoms with Crippen molar-refractivity contribution in [2.24, 2.45) is 0 Å². The molecule has 3 nitrogen and oxygen atoms in total. The van der Waals surface area contributed by atoms with Crippen LogP contribution in [0.5, 0.6) is 0 Å². The topological polar surface area (TPSA) is 43.1 Å². The van der Waals surface area contributed by atoms with Crippen molar-refractivity contribution < 1.29 is 31.3 Å². The van der Waals surface area contributed by atoms with Crippen molar-refractivity contribution in [2.45, 2.75) is 23.0 Å². The Morgan fingerprint density at radius 1 is 0.880 bits per heavy atom. The highest BCUT2D eigenvalue weighted by atomic mass is 32.2. The van der Waals surface area contributed by atoms with Gasteiger partial charge in [0.2, 0.25) is 0 Å². The lowest BCUT2D eigenvalue weighted by Crippen LogP contribution is -2.06. The van der Waals surface area contributed by atoms with Crippen LogP contribution in [0.15, 0.2) is 47.4 Å². The summed E-state index contributed by atoms with van der Waals surface area (Å²) in [4.78, 5) is 10.5. The summed E-state index contributed by atoms with van der Waals surface area (Å²) in [6.07, 6.45) is -9.15. The molecule has 0 spiro atoms. The zero-order valence-corrected chi connectivity index (χ0v) is 13.0. The zero-order valence-electron chi connectivity index (χ0n) is 12.2. The quantitative estimate of drug-likeness (QED) is 0.286. The third kappa shape index (κ3) is 4.88. The summed E-state index contributed by atoms with van der Waals surface area (Å²) in [5.74, 6) is -0.189. The fourth-order valence-electron chi connectivity index (χ4n) is 1.96. The van der Waals surface area contributed by atoms with Gasteiger partial charge in [0.05, 0.1) is 16.1 Å². The number of alkyl halides is 6. The molecule has 10 heteroatoms. The van der Waals surface area contributed by atoms with Crippen molar-refractivity contribution in [1.29, 1.82) is 0 Å². The summed E-state index contributed by atoms with van der Waals surface area (Å²) < 4.78 is 75.7. The molecule has 0 aliphatic rings. The Kier molecular flexibility index (Phi) is 5.31. The van der Waals surface area contributed by atoms with Gasteiger partial charge in [0.25, 0.3) is 5.69 Å². The summed E-state index contributed by atoms with van der Waals surface area (Å²) in [6, 6.07) is 6.05. The molecule has 2 aromatic rings. The van der Waals surface area contributed by atoms with Gasteiger partial charge in [-0.1, -0.05) is 0 Å². The number of nitro benzene ring substituents is 1. The number of thioether (sulfide) groups is 1. The Hall–Kier alpha value is -2.23. The summed E-state index contributed by atoms with van der Waals surface area (Å²) >= 11 is 0.905. The van der Waals surface area contributed by atoms with Crippen molar-refractivity contribution in [3.63, 3.8) is 0 Å². The van der Waals surface area contributed by atoms with Crippen LogP contribution in [0.25, 0.3) is 0 Å². The van der Waals surface area contributed by atoms with E-state index in [1.165, 1.54) is 0 Å². The van der Waals surface area contributed by atoms with E-state index in [1.807, 2.05) is 0 Å². The first-order valence-corrected chi connectivity index (χ1v) is 7.61. The summed E-state index contributed by atoms with van der Waals surface area (Å²) in [7, 11) is 0. The standard InChI is InChI=1S/C15H9F6NO2S/c16-14(17,18)10-1-4-12(5-2-10)25-8-9-7-11(15(19,20)21)3-6-13(9)22(23)24/h1-7H,8H2. The fraction of sp³-hybridized carbons (Fsp3) is 0.200. The van der Waals surface area contributed by atoms with E-state index in [0.29, 0.717) is 17.0 Å². The minimum Gasteiger partial charge on any atom is -0.258 e. The van der Waals surface area contributed by atoms with Crippen molar-refractivity contribution in [3.05, 3.63) is 69.3 Å². The van der Waals surface area contributed by atoms with Crippen LogP contribution in [0.3, 0.4) is 0 Å². The summed E-state index contributed by atoms with van der Waals surface area (Å²) in [5, 5.41) is 10.9. The van der Waals surface area contributed by atoms with Crippen LogP contribution < -0.4 is 0 Å². The van der Waals surface area contributed by atoms with E-state index in [4.69, 9.17) is 0 Å². The van der Waals surface area contributed by atoms with Crippen LogP contribution in [0.1, 0.15) is 16.7 Å². The van der Waals surface area contributed by atoms with Gasteiger partial charge in [-0.05, 0) is 36.4 Å². The van der Waals surface area contributed by atoms with E-state index in [0.717, 1.165) is 42.1 Å². The Morgan fingerprint density at radius 3 is 1.88 bits per heavy atom. The molecule has 0 N–H and O–H groups in total. The molecule has 0 fully saturated rings. The van der Waals surface area contributed by atoms with Crippen molar-refractivity contribution in [3.8, 4) is 0 Å². The van der Waals surface area contributed by atoms with Gasteiger partial charge in [0.15, 0.2) is 0 Å². The molecule has 0 aromatic heterocycles. The average molecular weight is 381 g/mol. The van der Waals surface area contributed by atoms with Crippen LogP contribution in [-0.2, 0) is 18.1 Å². The molecule has 134 valence electrons. The maximum Gasteiger partial charge on any atom is 0.416 e. The van der Waals surface area contributed by atoms with E-state index in [1.54, 1.807) is 0 Å². The van der Waals surface area contributed by atoms with Crippen LogP contribution in [0.4, 0.5) is 32.0 Å². The van der Waals surface area contributed by atoms with Crippen LogP contribution in [0.2, 0.25) is 0 Å². The molecule has 2 aromatic carbocycles. The molecule has 0 saturated heterocycles. The molecule has 0 amide bonds. The smallest absolute Gasteiger partial charge is 0.258 e. The Morgan fingerprint density at radius 2 is 1.40 bits per heavy atom. The minimum atomic E-state index is -4.65. The lowest BCUT2D eigenvalue weighted by Gasteiger charge is -2.10. The Labute approximate surface area is 141 Å². The average Bonchev–Trinajstić information content (AvgIpc) is 2.51. The van der Waals surface area contributed by atoms with Crippen molar-refractivity contribution in [2.75, 3.05) is 0 Å². The van der Waals surface area contributed by atoms with E-state index >= 15 is 0 Å². The van der Waals surface area contributed by atoms with Crippen LogP contribution in [0, 0.1) is 10.1 Å². The van der Waals surface area contributed by atoms with E-state index in [2.05, 4.69) is 0 Å². The first kappa shape index (κ1) is 19.1. The maximum absolute atomic E-state index is 12.7. The minimum absolute atomic E-state index is 0.162. The predicted molar refractivity (Wildman–Crippen MR) is 79.1 cm³/mol. The number of hydrogen-bond acceptors (Lipinski definition) is 3. The van der Waals surface area contributed by atoms with Crippen molar-refractivity contribution >= 4 is 17.4 Å². The molecule has 0 unspecified atom stereocenters. The third-order valence-electron chi connectivity index (χ3n) is 3.18. The largest absolute Gasteiger partial charge is 0.416 e. The number of nitro groups is 1. The lowest BCUT2D eigenvalue weighted by atomic mass is 10.1. The molecule has 0 aliphatic carbocycles. The second kappa shape index (κ2) is 6.95. The number of nitrogens with zero attached hydrogens (tertiary/aromatic N) is 1. The van der Waals surface area contributed by atoms with Gasteiger partial charge in [-0.2, -0.15) is 26.3 Å². The predicted octanol–water partition coefficient (Wildman–Crippen LogP) is 5.92. The third-order valence-corrected chi connectivity index (χ3v) is 4.24. The molecule has 0 saturated carbocycles. The molecule has 25 heavy (non-hydrogen) atoms. The van der Waals surface area contributed by atoms with E-state index in [-0.39, 0.29) is 11.3 Å². The monoisotopic (exact) mass is 381 g/mol. The second-order valence-electron chi connectivity index (χ2n) is 4.91. The zero-order chi connectivity index (χ0) is 18.8. The maximum atomic E-state index is 12.7. The highest BCUT2D eigenvalue weighted by Crippen LogP contribution is 2.36. The van der Waals surface area contributed by atoms with Gasteiger partial charge in [0, 0.05) is 22.3 Å². The normalized spacial score (nSPS) is 12.2. The highest BCUT2D eigenvalue weighted by molar-refractivity contribution is 7.98. The number of benzene rings is 2. The van der Waals surface area contributed by atoms with Gasteiger partial charge in [0.1, 0.15) is 0 Å². The van der Waals surface area contributed by atoms with Gasteiger partial charge >= 0.3 is 12.4 Å².